The Morgan fingerprint density at radius 2 is 2.07 bits per heavy atom. The summed E-state index contributed by atoms with van der Waals surface area (Å²) in [7, 11) is 0. The van der Waals surface area contributed by atoms with E-state index in [-0.39, 0.29) is 6.10 Å². The molecule has 15 heavy (non-hydrogen) atoms. The zero-order chi connectivity index (χ0) is 10.7. The van der Waals surface area contributed by atoms with Crippen molar-refractivity contribution in [3.8, 4) is 5.69 Å². The molecular formula is C12H14N2O. The average Bonchev–Trinajstić information content (AvgIpc) is 2.82. The molecule has 0 spiro atoms. The Morgan fingerprint density at radius 1 is 1.33 bits per heavy atom. The molecule has 78 valence electrons. The van der Waals surface area contributed by atoms with Crippen molar-refractivity contribution in [2.75, 3.05) is 0 Å². The molecule has 0 unspecified atom stereocenters. The van der Waals surface area contributed by atoms with Gasteiger partial charge in [-0.2, -0.15) is 0 Å². The summed E-state index contributed by atoms with van der Waals surface area (Å²) in [6.07, 6.45) is 5.78. The molecule has 0 bridgehead atoms. The molecule has 2 rings (SSSR count). The van der Waals surface area contributed by atoms with Crippen LogP contribution in [0.1, 0.15) is 25.0 Å². The molecule has 0 aliphatic heterocycles. The number of benzene rings is 1. The quantitative estimate of drug-likeness (QED) is 0.829. The summed E-state index contributed by atoms with van der Waals surface area (Å²) in [6.45, 7) is 1.97. The fourth-order valence-electron chi connectivity index (χ4n) is 1.52. The van der Waals surface area contributed by atoms with Gasteiger partial charge in [0.05, 0.1) is 12.4 Å². The Morgan fingerprint density at radius 3 is 2.60 bits per heavy atom. The van der Waals surface area contributed by atoms with E-state index < -0.39 is 0 Å². The van der Waals surface area contributed by atoms with Gasteiger partial charge in [0.25, 0.3) is 0 Å². The number of aromatic nitrogens is 2. The Bertz CT molecular complexity index is 406. The van der Waals surface area contributed by atoms with E-state index in [4.69, 9.17) is 0 Å². The maximum absolute atomic E-state index is 9.63. The fourth-order valence-corrected chi connectivity index (χ4v) is 1.52. The molecule has 0 aliphatic rings. The van der Waals surface area contributed by atoms with Gasteiger partial charge in [-0.3, -0.25) is 0 Å². The molecule has 1 N–H and O–H groups in total. The molecule has 1 atom stereocenters. The predicted octanol–water partition coefficient (Wildman–Crippen LogP) is 2.32. The lowest BCUT2D eigenvalue weighted by atomic mass is 10.1. The Labute approximate surface area is 89.0 Å². The normalized spacial score (nSPS) is 12.7. The van der Waals surface area contributed by atoms with E-state index >= 15 is 0 Å². The summed E-state index contributed by atoms with van der Waals surface area (Å²) < 4.78 is 1.93. The highest BCUT2D eigenvalue weighted by Gasteiger charge is 2.04. The third-order valence-electron chi connectivity index (χ3n) is 2.47. The molecule has 0 radical (unpaired) electrons. The highest BCUT2D eigenvalue weighted by atomic mass is 16.3. The van der Waals surface area contributed by atoms with Crippen LogP contribution in [0, 0.1) is 0 Å². The molecular weight excluding hydrogens is 188 g/mol. The molecule has 3 heteroatoms. The molecule has 0 saturated heterocycles. The van der Waals surface area contributed by atoms with E-state index in [2.05, 4.69) is 4.98 Å². The second-order valence-electron chi connectivity index (χ2n) is 3.49. The number of hydrogen-bond acceptors (Lipinski definition) is 2. The van der Waals surface area contributed by atoms with Crippen LogP contribution in [0.15, 0.2) is 43.0 Å². The summed E-state index contributed by atoms with van der Waals surface area (Å²) in [5.41, 5.74) is 2.01. The van der Waals surface area contributed by atoms with Gasteiger partial charge >= 0.3 is 0 Å². The van der Waals surface area contributed by atoms with Crippen LogP contribution in [-0.2, 0) is 0 Å². The number of hydrogen-bond donors (Lipinski definition) is 1. The highest BCUT2D eigenvalue weighted by molar-refractivity contribution is 5.35. The summed E-state index contributed by atoms with van der Waals surface area (Å²) in [6, 6.07) is 7.86. The molecule has 0 saturated carbocycles. The van der Waals surface area contributed by atoms with E-state index in [1.54, 1.807) is 12.5 Å². The molecule has 0 fully saturated rings. The minimum Gasteiger partial charge on any atom is -0.388 e. The van der Waals surface area contributed by atoms with Gasteiger partial charge in [-0.25, -0.2) is 4.98 Å². The third-order valence-corrected chi connectivity index (χ3v) is 2.47. The van der Waals surface area contributed by atoms with Gasteiger partial charge in [0, 0.05) is 18.1 Å². The van der Waals surface area contributed by atoms with Gasteiger partial charge < -0.3 is 9.67 Å². The van der Waals surface area contributed by atoms with Crippen molar-refractivity contribution < 1.29 is 5.11 Å². The first-order valence-electron chi connectivity index (χ1n) is 5.07. The minimum absolute atomic E-state index is 0.359. The number of aliphatic hydroxyl groups excluding tert-OH is 1. The first-order chi connectivity index (χ1) is 7.31. The SMILES string of the molecule is CC[C@H](O)c1ccc(-n2ccnc2)cc1. The zero-order valence-electron chi connectivity index (χ0n) is 8.67. The van der Waals surface area contributed by atoms with E-state index in [9.17, 15) is 5.11 Å². The van der Waals surface area contributed by atoms with E-state index in [0.29, 0.717) is 0 Å². The largest absolute Gasteiger partial charge is 0.388 e. The molecule has 2 aromatic rings. The van der Waals surface area contributed by atoms with Crippen molar-refractivity contribution in [1.82, 2.24) is 9.55 Å². The Kier molecular flexibility index (Phi) is 2.83. The highest BCUT2D eigenvalue weighted by Crippen LogP contribution is 2.17. The van der Waals surface area contributed by atoms with Crippen LogP contribution in [0.4, 0.5) is 0 Å². The van der Waals surface area contributed by atoms with Crippen molar-refractivity contribution >= 4 is 0 Å². The van der Waals surface area contributed by atoms with E-state index in [0.717, 1.165) is 17.7 Å². The summed E-state index contributed by atoms with van der Waals surface area (Å²) in [5.74, 6) is 0. The van der Waals surface area contributed by atoms with Gasteiger partial charge in [-0.15, -0.1) is 0 Å². The standard InChI is InChI=1S/C12H14N2O/c1-2-12(15)10-3-5-11(6-4-10)14-8-7-13-9-14/h3-9,12,15H,2H2,1H3/t12-/m0/s1. The lowest BCUT2D eigenvalue weighted by Crippen LogP contribution is -1.96. The first-order valence-corrected chi connectivity index (χ1v) is 5.07. The minimum atomic E-state index is -0.359. The number of rotatable bonds is 3. The van der Waals surface area contributed by atoms with Gasteiger partial charge in [-0.1, -0.05) is 19.1 Å². The number of aliphatic hydroxyl groups is 1. The van der Waals surface area contributed by atoms with Crippen molar-refractivity contribution in [3.05, 3.63) is 48.5 Å². The van der Waals surface area contributed by atoms with Gasteiger partial charge in [0.15, 0.2) is 0 Å². The molecule has 0 aliphatic carbocycles. The predicted molar refractivity (Wildman–Crippen MR) is 58.8 cm³/mol. The molecule has 3 nitrogen and oxygen atoms in total. The second kappa shape index (κ2) is 4.28. The fraction of sp³-hybridized carbons (Fsp3) is 0.250. The molecule has 0 amide bonds. The maximum Gasteiger partial charge on any atom is 0.0991 e. The maximum atomic E-state index is 9.63. The topological polar surface area (TPSA) is 38.0 Å². The Balaban J connectivity index is 2.25. The second-order valence-corrected chi connectivity index (χ2v) is 3.49. The van der Waals surface area contributed by atoms with Crippen LogP contribution in [0.3, 0.4) is 0 Å². The van der Waals surface area contributed by atoms with E-state index in [1.807, 2.05) is 42.0 Å². The van der Waals surface area contributed by atoms with Crippen LogP contribution in [0.25, 0.3) is 5.69 Å². The summed E-state index contributed by atoms with van der Waals surface area (Å²) >= 11 is 0. The smallest absolute Gasteiger partial charge is 0.0991 e. The van der Waals surface area contributed by atoms with E-state index in [1.165, 1.54) is 0 Å². The van der Waals surface area contributed by atoms with Crippen molar-refractivity contribution in [2.24, 2.45) is 0 Å². The number of nitrogens with zero attached hydrogens (tertiary/aromatic N) is 2. The van der Waals surface area contributed by atoms with Crippen LogP contribution in [0.5, 0.6) is 0 Å². The molecule has 1 aromatic heterocycles. The van der Waals surface area contributed by atoms with Gasteiger partial charge in [0.2, 0.25) is 0 Å². The lowest BCUT2D eigenvalue weighted by Gasteiger charge is -2.09. The van der Waals surface area contributed by atoms with Crippen LogP contribution in [0.2, 0.25) is 0 Å². The first kappa shape index (κ1) is 9.93. The van der Waals surface area contributed by atoms with Gasteiger partial charge in [-0.05, 0) is 24.1 Å². The van der Waals surface area contributed by atoms with Crippen molar-refractivity contribution in [1.29, 1.82) is 0 Å². The molecule has 1 heterocycles. The zero-order valence-corrected chi connectivity index (χ0v) is 8.67. The van der Waals surface area contributed by atoms with Crippen LogP contribution < -0.4 is 0 Å². The average molecular weight is 202 g/mol. The van der Waals surface area contributed by atoms with Crippen LogP contribution >= 0.6 is 0 Å². The molecule has 1 aromatic carbocycles. The van der Waals surface area contributed by atoms with Crippen LogP contribution in [-0.4, -0.2) is 14.7 Å². The van der Waals surface area contributed by atoms with Crippen molar-refractivity contribution in [2.45, 2.75) is 19.4 Å². The monoisotopic (exact) mass is 202 g/mol. The van der Waals surface area contributed by atoms with Gasteiger partial charge in [0.1, 0.15) is 0 Å². The summed E-state index contributed by atoms with van der Waals surface area (Å²) in [4.78, 5) is 3.99. The lowest BCUT2D eigenvalue weighted by molar-refractivity contribution is 0.173. The number of imidazole rings is 1. The third kappa shape index (κ3) is 2.07. The Hall–Kier alpha value is -1.61. The summed E-state index contributed by atoms with van der Waals surface area (Å²) in [5, 5.41) is 9.63. The van der Waals surface area contributed by atoms with Crippen molar-refractivity contribution in [3.63, 3.8) is 0 Å².